The molecule has 0 spiro atoms. The number of esters is 1. The van der Waals surface area contributed by atoms with Gasteiger partial charge >= 0.3 is 5.97 Å². The molecular weight excluding hydrogens is 332 g/mol. The molecule has 3 unspecified atom stereocenters. The van der Waals surface area contributed by atoms with E-state index in [-0.39, 0.29) is 36.1 Å². The predicted octanol–water partition coefficient (Wildman–Crippen LogP) is 3.56. The van der Waals surface area contributed by atoms with Crippen molar-refractivity contribution < 1.29 is 24.5 Å². The van der Waals surface area contributed by atoms with Gasteiger partial charge in [0.1, 0.15) is 5.78 Å². The standard InChI is InChI=1S/C21H36O5/c1-3-4-10-16(22)11-9-13-18-17(19(23)15-20(18)24)12-7-5-6-8-14-21(25)26-2/h9,13,16-18,20,22,24H,3-8,10-12,14-15H2,1-2H3/t16?,17?,18-,20?/m1/s1. The van der Waals surface area contributed by atoms with Gasteiger partial charge in [-0.15, -0.1) is 0 Å². The zero-order valence-corrected chi connectivity index (χ0v) is 16.4. The zero-order chi connectivity index (χ0) is 19.4. The maximum Gasteiger partial charge on any atom is 0.305 e. The first-order valence-electron chi connectivity index (χ1n) is 10.1. The number of ether oxygens (including phenoxy) is 1. The molecule has 0 aromatic rings. The van der Waals surface area contributed by atoms with Gasteiger partial charge in [0.05, 0.1) is 19.3 Å². The van der Waals surface area contributed by atoms with Crippen molar-refractivity contribution in [3.63, 3.8) is 0 Å². The Hall–Kier alpha value is -1.20. The molecule has 0 aromatic heterocycles. The number of methoxy groups -OCH3 is 1. The molecule has 0 bridgehead atoms. The van der Waals surface area contributed by atoms with Gasteiger partial charge in [0.25, 0.3) is 0 Å². The lowest BCUT2D eigenvalue weighted by Crippen LogP contribution is -2.18. The monoisotopic (exact) mass is 368 g/mol. The summed E-state index contributed by atoms with van der Waals surface area (Å²) in [6.07, 6.45) is 11.5. The summed E-state index contributed by atoms with van der Waals surface area (Å²) in [5.74, 6) is -0.274. The van der Waals surface area contributed by atoms with Crippen molar-refractivity contribution in [2.24, 2.45) is 11.8 Å². The van der Waals surface area contributed by atoms with Crippen molar-refractivity contribution in [1.82, 2.24) is 0 Å². The van der Waals surface area contributed by atoms with E-state index in [2.05, 4.69) is 11.7 Å². The van der Waals surface area contributed by atoms with Crippen LogP contribution in [0.2, 0.25) is 0 Å². The van der Waals surface area contributed by atoms with Gasteiger partial charge in [-0.25, -0.2) is 0 Å². The van der Waals surface area contributed by atoms with Crippen LogP contribution in [0, 0.1) is 11.8 Å². The molecule has 0 aliphatic heterocycles. The first-order chi connectivity index (χ1) is 12.5. The number of unbranched alkanes of at least 4 members (excludes halogenated alkanes) is 4. The summed E-state index contributed by atoms with van der Waals surface area (Å²) in [4.78, 5) is 23.2. The number of Topliss-reactive ketones (excluding diaryl/α,β-unsaturated/α-hetero) is 1. The van der Waals surface area contributed by atoms with Crippen molar-refractivity contribution in [1.29, 1.82) is 0 Å². The van der Waals surface area contributed by atoms with Crippen LogP contribution in [0.25, 0.3) is 0 Å². The van der Waals surface area contributed by atoms with Crippen LogP contribution in [0.4, 0.5) is 0 Å². The smallest absolute Gasteiger partial charge is 0.305 e. The Morgan fingerprint density at radius 3 is 2.69 bits per heavy atom. The van der Waals surface area contributed by atoms with E-state index in [0.717, 1.165) is 51.4 Å². The molecular formula is C21H36O5. The molecule has 5 nitrogen and oxygen atoms in total. The highest BCUT2D eigenvalue weighted by Crippen LogP contribution is 2.34. The van der Waals surface area contributed by atoms with Crippen molar-refractivity contribution in [2.45, 2.75) is 89.8 Å². The van der Waals surface area contributed by atoms with Gasteiger partial charge in [-0.3, -0.25) is 9.59 Å². The Morgan fingerprint density at radius 1 is 1.27 bits per heavy atom. The number of rotatable bonds is 13. The molecule has 0 amide bonds. The molecule has 0 aromatic carbocycles. The van der Waals surface area contributed by atoms with Crippen LogP contribution in [0.1, 0.15) is 77.6 Å². The molecule has 26 heavy (non-hydrogen) atoms. The number of ketones is 1. The van der Waals surface area contributed by atoms with Crippen molar-refractivity contribution in [3.05, 3.63) is 12.2 Å². The summed E-state index contributed by atoms with van der Waals surface area (Å²) in [7, 11) is 1.40. The molecule has 1 aliphatic carbocycles. The first-order valence-corrected chi connectivity index (χ1v) is 10.1. The average molecular weight is 369 g/mol. The Kier molecular flexibility index (Phi) is 11.5. The van der Waals surface area contributed by atoms with Crippen LogP contribution in [0.5, 0.6) is 0 Å². The third-order valence-corrected chi connectivity index (χ3v) is 5.26. The summed E-state index contributed by atoms with van der Waals surface area (Å²) in [6, 6.07) is 0. The highest BCUT2D eigenvalue weighted by atomic mass is 16.5. The maximum absolute atomic E-state index is 12.2. The molecule has 0 heterocycles. The number of hydrogen-bond acceptors (Lipinski definition) is 5. The molecule has 4 atom stereocenters. The van der Waals surface area contributed by atoms with Gasteiger partial charge in [0.15, 0.2) is 0 Å². The minimum absolute atomic E-state index is 0.116. The minimum atomic E-state index is -0.601. The summed E-state index contributed by atoms with van der Waals surface area (Å²) < 4.78 is 4.62. The van der Waals surface area contributed by atoms with Crippen molar-refractivity contribution in [3.8, 4) is 0 Å². The lowest BCUT2D eigenvalue weighted by atomic mass is 9.88. The van der Waals surface area contributed by atoms with Gasteiger partial charge < -0.3 is 14.9 Å². The van der Waals surface area contributed by atoms with Crippen LogP contribution in [0.15, 0.2) is 12.2 Å². The van der Waals surface area contributed by atoms with E-state index in [1.54, 1.807) is 0 Å². The van der Waals surface area contributed by atoms with Crippen LogP contribution < -0.4 is 0 Å². The second-order valence-corrected chi connectivity index (χ2v) is 7.41. The number of carbonyl (C=O) groups excluding carboxylic acids is 2. The Balaban J connectivity index is 2.34. The highest BCUT2D eigenvalue weighted by molar-refractivity contribution is 5.84. The van der Waals surface area contributed by atoms with E-state index in [1.807, 2.05) is 12.2 Å². The van der Waals surface area contributed by atoms with E-state index in [4.69, 9.17) is 0 Å². The normalized spacial score (nSPS) is 24.3. The fourth-order valence-corrected chi connectivity index (χ4v) is 3.63. The van der Waals surface area contributed by atoms with E-state index in [1.165, 1.54) is 7.11 Å². The predicted molar refractivity (Wildman–Crippen MR) is 102 cm³/mol. The molecule has 5 heteroatoms. The fourth-order valence-electron chi connectivity index (χ4n) is 3.63. The van der Waals surface area contributed by atoms with Crippen LogP contribution in [-0.4, -0.2) is 41.3 Å². The van der Waals surface area contributed by atoms with Crippen LogP contribution in [0.3, 0.4) is 0 Å². The van der Waals surface area contributed by atoms with E-state index in [9.17, 15) is 19.8 Å². The second kappa shape index (κ2) is 13.0. The molecule has 0 saturated heterocycles. The highest BCUT2D eigenvalue weighted by Gasteiger charge is 2.39. The third-order valence-electron chi connectivity index (χ3n) is 5.26. The molecule has 1 rings (SSSR count). The number of aliphatic hydroxyl groups excluding tert-OH is 2. The first kappa shape index (κ1) is 22.8. The van der Waals surface area contributed by atoms with Crippen molar-refractivity contribution >= 4 is 11.8 Å². The minimum Gasteiger partial charge on any atom is -0.469 e. The number of aliphatic hydroxyl groups is 2. The molecule has 150 valence electrons. The molecule has 2 N–H and O–H groups in total. The number of carbonyl (C=O) groups is 2. The molecule has 1 saturated carbocycles. The summed E-state index contributed by atoms with van der Waals surface area (Å²) >= 11 is 0. The van der Waals surface area contributed by atoms with E-state index >= 15 is 0 Å². The lowest BCUT2D eigenvalue weighted by molar-refractivity contribution is -0.140. The molecule has 0 radical (unpaired) electrons. The van der Waals surface area contributed by atoms with Gasteiger partial charge in [0.2, 0.25) is 0 Å². The van der Waals surface area contributed by atoms with Crippen molar-refractivity contribution in [2.75, 3.05) is 7.11 Å². The Morgan fingerprint density at radius 2 is 2.00 bits per heavy atom. The van der Waals surface area contributed by atoms with Gasteiger partial charge in [-0.05, 0) is 25.7 Å². The Labute approximate surface area is 157 Å². The largest absolute Gasteiger partial charge is 0.469 e. The zero-order valence-electron chi connectivity index (χ0n) is 16.4. The quantitative estimate of drug-likeness (QED) is 0.295. The number of hydrogen-bond donors (Lipinski definition) is 2. The van der Waals surface area contributed by atoms with Gasteiger partial charge in [-0.1, -0.05) is 51.2 Å². The van der Waals surface area contributed by atoms with E-state index in [0.29, 0.717) is 12.8 Å². The fraction of sp³-hybridized carbons (Fsp3) is 0.810. The SMILES string of the molecule is CCCCC(O)CC=C[C@H]1C(O)CC(=O)C1CCCCCCC(=O)OC. The summed E-state index contributed by atoms with van der Waals surface area (Å²) in [6.45, 7) is 2.10. The van der Waals surface area contributed by atoms with Crippen LogP contribution >= 0.6 is 0 Å². The van der Waals surface area contributed by atoms with Gasteiger partial charge in [0, 0.05) is 24.7 Å². The van der Waals surface area contributed by atoms with E-state index < -0.39 is 6.10 Å². The van der Waals surface area contributed by atoms with Crippen LogP contribution in [-0.2, 0) is 14.3 Å². The Bertz CT molecular complexity index is 446. The summed E-state index contributed by atoms with van der Waals surface area (Å²) in [5, 5.41) is 20.1. The van der Waals surface area contributed by atoms with Gasteiger partial charge in [-0.2, -0.15) is 0 Å². The average Bonchev–Trinajstić information content (AvgIpc) is 2.89. The third kappa shape index (κ3) is 8.45. The summed E-state index contributed by atoms with van der Waals surface area (Å²) in [5.41, 5.74) is 0. The lowest BCUT2D eigenvalue weighted by Gasteiger charge is -2.17. The maximum atomic E-state index is 12.2. The second-order valence-electron chi connectivity index (χ2n) is 7.41. The molecule has 1 aliphatic rings. The topological polar surface area (TPSA) is 83.8 Å². The molecule has 1 fully saturated rings.